The summed E-state index contributed by atoms with van der Waals surface area (Å²) in [6, 6.07) is 2.66. The minimum Gasteiger partial charge on any atom is -0.493 e. The number of amides is 2. The average Bonchev–Trinajstić information content (AvgIpc) is 2.59. The highest BCUT2D eigenvalue weighted by Crippen LogP contribution is 2.42. The number of methoxy groups -OCH3 is 3. The van der Waals surface area contributed by atoms with E-state index < -0.39 is 6.04 Å². The molecule has 0 aromatic heterocycles. The van der Waals surface area contributed by atoms with E-state index in [1.807, 2.05) is 0 Å². The molecule has 3 rings (SSSR count). The van der Waals surface area contributed by atoms with Crippen LogP contribution in [0.15, 0.2) is 23.4 Å². The molecule has 0 spiro atoms. The first-order valence-electron chi connectivity index (χ1n) is 7.72. The van der Waals surface area contributed by atoms with E-state index in [1.54, 1.807) is 12.1 Å². The Kier molecular flexibility index (Phi) is 4.33. The minimum atomic E-state index is -0.532. The summed E-state index contributed by atoms with van der Waals surface area (Å²) in [5.74, 6) is 1.46. The molecule has 24 heavy (non-hydrogen) atoms. The largest absolute Gasteiger partial charge is 0.493 e. The zero-order valence-electron chi connectivity index (χ0n) is 13.9. The number of carbonyl (C=O) groups is 2. The number of ketones is 1. The van der Waals surface area contributed by atoms with Gasteiger partial charge in [-0.3, -0.25) is 4.79 Å². The highest BCUT2D eigenvalue weighted by Gasteiger charge is 2.35. The summed E-state index contributed by atoms with van der Waals surface area (Å²) < 4.78 is 16.1. The quantitative estimate of drug-likeness (QED) is 0.881. The number of rotatable bonds is 4. The van der Waals surface area contributed by atoms with Crippen molar-refractivity contribution in [1.82, 2.24) is 10.6 Å². The number of urea groups is 1. The van der Waals surface area contributed by atoms with Crippen LogP contribution < -0.4 is 24.8 Å². The molecule has 0 radical (unpaired) electrons. The third-order valence-electron chi connectivity index (χ3n) is 4.31. The van der Waals surface area contributed by atoms with Gasteiger partial charge < -0.3 is 24.8 Å². The molecule has 7 heteroatoms. The van der Waals surface area contributed by atoms with Gasteiger partial charge in [0.05, 0.1) is 27.4 Å². The van der Waals surface area contributed by atoms with Gasteiger partial charge in [-0.2, -0.15) is 0 Å². The Bertz CT molecular complexity index is 701. The molecule has 1 aliphatic heterocycles. The summed E-state index contributed by atoms with van der Waals surface area (Å²) in [4.78, 5) is 24.4. The third-order valence-corrected chi connectivity index (χ3v) is 4.31. The number of ether oxygens (including phenoxy) is 3. The van der Waals surface area contributed by atoms with Gasteiger partial charge in [0.15, 0.2) is 17.3 Å². The van der Waals surface area contributed by atoms with Crippen LogP contribution in [0.4, 0.5) is 4.79 Å². The van der Waals surface area contributed by atoms with Crippen LogP contribution >= 0.6 is 0 Å². The van der Waals surface area contributed by atoms with Crippen LogP contribution in [0.1, 0.15) is 30.9 Å². The van der Waals surface area contributed by atoms with Crippen LogP contribution in [0.3, 0.4) is 0 Å². The molecular weight excluding hydrogens is 312 g/mol. The highest BCUT2D eigenvalue weighted by atomic mass is 16.5. The Labute approximate surface area is 140 Å². The van der Waals surface area contributed by atoms with E-state index in [2.05, 4.69) is 10.6 Å². The molecular formula is C17H20N2O5. The molecule has 1 aromatic carbocycles. The van der Waals surface area contributed by atoms with Crippen molar-refractivity contribution in [3.05, 3.63) is 29.0 Å². The summed E-state index contributed by atoms with van der Waals surface area (Å²) in [6.07, 6.45) is 1.92. The number of carbonyl (C=O) groups excluding carboxylic acids is 2. The fourth-order valence-electron chi connectivity index (χ4n) is 3.22. The molecule has 1 atom stereocenters. The zero-order chi connectivity index (χ0) is 17.3. The second-order valence-corrected chi connectivity index (χ2v) is 5.66. The van der Waals surface area contributed by atoms with E-state index in [0.29, 0.717) is 46.9 Å². The van der Waals surface area contributed by atoms with Crippen molar-refractivity contribution in [2.45, 2.75) is 25.3 Å². The van der Waals surface area contributed by atoms with E-state index in [4.69, 9.17) is 14.2 Å². The van der Waals surface area contributed by atoms with E-state index >= 15 is 0 Å². The van der Waals surface area contributed by atoms with Crippen molar-refractivity contribution in [1.29, 1.82) is 0 Å². The third kappa shape index (κ3) is 2.66. The topological polar surface area (TPSA) is 85.9 Å². The lowest BCUT2D eigenvalue weighted by molar-refractivity contribution is -0.116. The number of nitrogens with one attached hydrogen (secondary N) is 2. The normalized spacial score (nSPS) is 20.0. The van der Waals surface area contributed by atoms with Gasteiger partial charge in [-0.25, -0.2) is 4.79 Å². The predicted octanol–water partition coefficient (Wildman–Crippen LogP) is 2.07. The van der Waals surface area contributed by atoms with Gasteiger partial charge >= 0.3 is 6.03 Å². The fraction of sp³-hybridized carbons (Fsp3) is 0.412. The van der Waals surface area contributed by atoms with E-state index in [9.17, 15) is 9.59 Å². The Morgan fingerprint density at radius 1 is 1.00 bits per heavy atom. The Balaban J connectivity index is 2.13. The van der Waals surface area contributed by atoms with Crippen molar-refractivity contribution < 1.29 is 23.8 Å². The second kappa shape index (κ2) is 6.43. The molecule has 1 aromatic rings. The average molecular weight is 332 g/mol. The van der Waals surface area contributed by atoms with Gasteiger partial charge in [0.2, 0.25) is 5.75 Å². The summed E-state index contributed by atoms with van der Waals surface area (Å²) in [7, 11) is 4.58. The van der Waals surface area contributed by atoms with Crippen LogP contribution in [-0.4, -0.2) is 33.1 Å². The lowest BCUT2D eigenvalue weighted by Crippen LogP contribution is -2.46. The summed E-state index contributed by atoms with van der Waals surface area (Å²) >= 11 is 0. The molecule has 0 saturated heterocycles. The molecule has 0 unspecified atom stereocenters. The van der Waals surface area contributed by atoms with Crippen molar-refractivity contribution in [2.75, 3.05) is 21.3 Å². The molecule has 1 heterocycles. The molecule has 2 aliphatic rings. The maximum absolute atomic E-state index is 12.4. The summed E-state index contributed by atoms with van der Waals surface area (Å²) in [5.41, 5.74) is 2.02. The minimum absolute atomic E-state index is 0.0440. The maximum atomic E-state index is 12.4. The highest BCUT2D eigenvalue weighted by molar-refractivity contribution is 6.01. The van der Waals surface area contributed by atoms with Crippen molar-refractivity contribution in [3.63, 3.8) is 0 Å². The van der Waals surface area contributed by atoms with Gasteiger partial charge in [0.25, 0.3) is 0 Å². The van der Waals surface area contributed by atoms with Crippen LogP contribution in [0.5, 0.6) is 17.2 Å². The lowest BCUT2D eigenvalue weighted by Gasteiger charge is -2.32. The molecule has 1 aliphatic carbocycles. The summed E-state index contributed by atoms with van der Waals surface area (Å²) in [6.45, 7) is 0. The lowest BCUT2D eigenvalue weighted by atomic mass is 9.85. The number of hydrogen-bond donors (Lipinski definition) is 2. The first-order chi connectivity index (χ1) is 11.6. The van der Waals surface area contributed by atoms with Crippen LogP contribution in [0.2, 0.25) is 0 Å². The SMILES string of the molecule is COc1cc([C@@H]2NC(=O)NC3=C2C(=O)CCC3)cc(OC)c1OC. The predicted molar refractivity (Wildman–Crippen MR) is 86.4 cm³/mol. The van der Waals surface area contributed by atoms with Crippen molar-refractivity contribution >= 4 is 11.8 Å². The van der Waals surface area contributed by atoms with E-state index in [1.165, 1.54) is 21.3 Å². The molecule has 2 N–H and O–H groups in total. The molecule has 0 bridgehead atoms. The molecule has 0 fully saturated rings. The smallest absolute Gasteiger partial charge is 0.319 e. The van der Waals surface area contributed by atoms with Crippen molar-refractivity contribution in [2.24, 2.45) is 0 Å². The van der Waals surface area contributed by atoms with Gasteiger partial charge in [-0.1, -0.05) is 0 Å². The van der Waals surface area contributed by atoms with Gasteiger partial charge in [-0.05, 0) is 30.5 Å². The van der Waals surface area contributed by atoms with Crippen LogP contribution in [-0.2, 0) is 4.79 Å². The molecule has 2 amide bonds. The number of hydrogen-bond acceptors (Lipinski definition) is 5. The van der Waals surface area contributed by atoms with E-state index in [0.717, 1.165) is 6.42 Å². The second-order valence-electron chi connectivity index (χ2n) is 5.66. The van der Waals surface area contributed by atoms with Gasteiger partial charge in [-0.15, -0.1) is 0 Å². The standard InChI is InChI=1S/C17H20N2O5/c1-22-12-7-9(8-13(23-2)16(12)24-3)15-14-10(18-17(21)19-15)5-4-6-11(14)20/h7-8,15H,4-6H2,1-3H3,(H2,18,19,21)/t15-/m0/s1. The zero-order valence-corrected chi connectivity index (χ0v) is 13.9. The monoisotopic (exact) mass is 332 g/mol. The fourth-order valence-corrected chi connectivity index (χ4v) is 3.22. The molecule has 128 valence electrons. The maximum Gasteiger partial charge on any atom is 0.319 e. The number of benzene rings is 1. The van der Waals surface area contributed by atoms with Gasteiger partial charge in [0.1, 0.15) is 0 Å². The van der Waals surface area contributed by atoms with Crippen molar-refractivity contribution in [3.8, 4) is 17.2 Å². The number of Topliss-reactive ketones (excluding diaryl/α,β-unsaturated/α-hetero) is 1. The van der Waals surface area contributed by atoms with E-state index in [-0.39, 0.29) is 11.8 Å². The van der Waals surface area contributed by atoms with Gasteiger partial charge in [0, 0.05) is 17.7 Å². The Hall–Kier alpha value is -2.70. The Morgan fingerprint density at radius 3 is 2.25 bits per heavy atom. The van der Waals surface area contributed by atoms with Crippen LogP contribution in [0.25, 0.3) is 0 Å². The van der Waals surface area contributed by atoms with Crippen LogP contribution in [0, 0.1) is 0 Å². The first-order valence-corrected chi connectivity index (χ1v) is 7.72. The Morgan fingerprint density at radius 2 is 1.67 bits per heavy atom. The first kappa shape index (κ1) is 16.2. The molecule has 7 nitrogen and oxygen atoms in total. The molecule has 0 saturated carbocycles. The summed E-state index contributed by atoms with van der Waals surface area (Å²) in [5, 5.41) is 5.57. The number of allylic oxidation sites excluding steroid dienone is 1.